The van der Waals surface area contributed by atoms with E-state index in [1.54, 1.807) is 14.2 Å². The van der Waals surface area contributed by atoms with E-state index in [9.17, 15) is 0 Å². The number of benzene rings is 1. The minimum Gasteiger partial charge on any atom is -0.497 e. The predicted molar refractivity (Wildman–Crippen MR) is 78.8 cm³/mol. The van der Waals surface area contributed by atoms with Gasteiger partial charge in [-0.3, -0.25) is 0 Å². The van der Waals surface area contributed by atoms with Crippen LogP contribution in [0.25, 0.3) is 0 Å². The zero-order chi connectivity index (χ0) is 13.8. The monoisotopic (exact) mass is 264 g/mol. The molecule has 0 saturated heterocycles. The number of nitrogens with two attached hydrogens (primary N) is 1. The Morgan fingerprint density at radius 1 is 1.37 bits per heavy atom. The molecular formula is C15H24N2O2. The lowest BCUT2D eigenvalue weighted by Gasteiger charge is -2.32. The zero-order valence-corrected chi connectivity index (χ0v) is 12.1. The van der Waals surface area contributed by atoms with Crippen LogP contribution in [-0.4, -0.2) is 33.4 Å². The molecule has 1 aromatic rings. The van der Waals surface area contributed by atoms with Gasteiger partial charge in [0.05, 0.1) is 25.1 Å². The summed E-state index contributed by atoms with van der Waals surface area (Å²) in [7, 11) is 3.41. The minimum atomic E-state index is 0.490. The van der Waals surface area contributed by atoms with Gasteiger partial charge in [0, 0.05) is 25.8 Å². The van der Waals surface area contributed by atoms with E-state index in [4.69, 9.17) is 15.2 Å². The number of nitrogens with zero attached hydrogens (tertiary/aromatic N) is 1. The van der Waals surface area contributed by atoms with Crippen LogP contribution in [0.5, 0.6) is 5.75 Å². The maximum Gasteiger partial charge on any atom is 0.121 e. The third-order valence-electron chi connectivity index (χ3n) is 3.88. The topological polar surface area (TPSA) is 47.7 Å². The van der Waals surface area contributed by atoms with Crippen molar-refractivity contribution in [1.82, 2.24) is 0 Å². The van der Waals surface area contributed by atoms with Crippen molar-refractivity contribution < 1.29 is 9.47 Å². The third kappa shape index (κ3) is 3.32. The first-order valence-electron chi connectivity index (χ1n) is 6.86. The summed E-state index contributed by atoms with van der Waals surface area (Å²) in [6, 6.07) is 6.32. The Balaban J connectivity index is 2.24. The van der Waals surface area contributed by atoms with Crippen LogP contribution >= 0.6 is 0 Å². The van der Waals surface area contributed by atoms with Crippen LogP contribution in [0, 0.1) is 5.92 Å². The first kappa shape index (κ1) is 14.0. The molecule has 0 aromatic heterocycles. The van der Waals surface area contributed by atoms with Gasteiger partial charge in [-0.05, 0) is 37.8 Å². The molecule has 0 aliphatic heterocycles. The van der Waals surface area contributed by atoms with Crippen molar-refractivity contribution >= 4 is 11.4 Å². The van der Waals surface area contributed by atoms with Gasteiger partial charge < -0.3 is 20.1 Å². The molecule has 2 N–H and O–H groups in total. The van der Waals surface area contributed by atoms with Gasteiger partial charge in [-0.2, -0.15) is 0 Å². The number of anilines is 2. The van der Waals surface area contributed by atoms with Crippen molar-refractivity contribution in [2.24, 2.45) is 5.92 Å². The van der Waals surface area contributed by atoms with Gasteiger partial charge in [-0.1, -0.05) is 0 Å². The quantitative estimate of drug-likeness (QED) is 0.769. The number of nitrogen functional groups attached to an aromatic ring is 1. The average molecular weight is 264 g/mol. The van der Waals surface area contributed by atoms with Crippen molar-refractivity contribution in [1.29, 1.82) is 0 Å². The van der Waals surface area contributed by atoms with Crippen LogP contribution in [0.4, 0.5) is 11.4 Å². The molecule has 106 valence electrons. The second-order valence-electron chi connectivity index (χ2n) is 5.19. The Morgan fingerprint density at radius 2 is 2.11 bits per heavy atom. The number of ether oxygens (including phenoxy) is 2. The van der Waals surface area contributed by atoms with E-state index in [1.165, 1.54) is 12.8 Å². The average Bonchev–Trinajstić information content (AvgIpc) is 3.25. The second kappa shape index (κ2) is 6.15. The molecule has 1 aromatic carbocycles. The summed E-state index contributed by atoms with van der Waals surface area (Å²) in [6.07, 6.45) is 2.63. The van der Waals surface area contributed by atoms with E-state index < -0.39 is 0 Å². The molecule has 4 heteroatoms. The standard InChI is InChI=1S/C15H24N2O2/c1-11(12-4-5-12)17(8-9-18-2)15-10-13(19-3)6-7-14(15)16/h6-7,10-12H,4-5,8-9,16H2,1-3H3. The maximum atomic E-state index is 6.14. The number of rotatable bonds is 7. The summed E-state index contributed by atoms with van der Waals surface area (Å²) in [5, 5.41) is 0. The molecule has 1 aliphatic carbocycles. The fourth-order valence-corrected chi connectivity index (χ4v) is 2.47. The van der Waals surface area contributed by atoms with Gasteiger partial charge in [0.15, 0.2) is 0 Å². The van der Waals surface area contributed by atoms with Crippen LogP contribution in [0.1, 0.15) is 19.8 Å². The highest BCUT2D eigenvalue weighted by molar-refractivity contribution is 5.70. The summed E-state index contributed by atoms with van der Waals surface area (Å²) in [6.45, 7) is 3.82. The largest absolute Gasteiger partial charge is 0.497 e. The molecule has 1 saturated carbocycles. The number of methoxy groups -OCH3 is 2. The number of hydrogen-bond donors (Lipinski definition) is 1. The Labute approximate surface area is 115 Å². The summed E-state index contributed by atoms with van der Waals surface area (Å²) >= 11 is 0. The molecule has 1 unspecified atom stereocenters. The molecule has 0 radical (unpaired) electrons. The van der Waals surface area contributed by atoms with Gasteiger partial charge in [0.25, 0.3) is 0 Å². The predicted octanol–water partition coefficient (Wildman–Crippen LogP) is 2.53. The lowest BCUT2D eigenvalue weighted by molar-refractivity contribution is 0.202. The fraction of sp³-hybridized carbons (Fsp3) is 0.600. The summed E-state index contributed by atoms with van der Waals surface area (Å²) in [5.74, 6) is 1.62. The van der Waals surface area contributed by atoms with Crippen LogP contribution < -0.4 is 15.4 Å². The molecule has 0 bridgehead atoms. The smallest absolute Gasteiger partial charge is 0.121 e. The minimum absolute atomic E-state index is 0.490. The van der Waals surface area contributed by atoms with Gasteiger partial charge in [0.1, 0.15) is 5.75 Å². The SMILES string of the molecule is COCCN(c1cc(OC)ccc1N)C(C)C1CC1. The lowest BCUT2D eigenvalue weighted by atomic mass is 10.1. The van der Waals surface area contributed by atoms with Gasteiger partial charge in [0.2, 0.25) is 0 Å². The first-order chi connectivity index (χ1) is 9.17. The van der Waals surface area contributed by atoms with E-state index in [0.717, 1.165) is 29.6 Å². The van der Waals surface area contributed by atoms with Crippen LogP contribution in [0.3, 0.4) is 0 Å². The van der Waals surface area contributed by atoms with Crippen LogP contribution in [-0.2, 0) is 4.74 Å². The Kier molecular flexibility index (Phi) is 4.53. The molecule has 1 atom stereocenters. The van der Waals surface area contributed by atoms with Crippen molar-refractivity contribution in [2.45, 2.75) is 25.8 Å². The summed E-state index contributed by atoms with van der Waals surface area (Å²) < 4.78 is 10.5. The van der Waals surface area contributed by atoms with Crippen LogP contribution in [0.15, 0.2) is 18.2 Å². The summed E-state index contributed by atoms with van der Waals surface area (Å²) in [5.41, 5.74) is 7.98. The third-order valence-corrected chi connectivity index (χ3v) is 3.88. The molecule has 0 spiro atoms. The molecule has 2 rings (SSSR count). The van der Waals surface area contributed by atoms with E-state index in [-0.39, 0.29) is 0 Å². The molecular weight excluding hydrogens is 240 g/mol. The molecule has 19 heavy (non-hydrogen) atoms. The first-order valence-corrected chi connectivity index (χ1v) is 6.86. The Hall–Kier alpha value is -1.42. The molecule has 0 heterocycles. The van der Waals surface area contributed by atoms with Gasteiger partial charge in [-0.25, -0.2) is 0 Å². The molecule has 0 amide bonds. The highest BCUT2D eigenvalue weighted by atomic mass is 16.5. The van der Waals surface area contributed by atoms with Crippen LogP contribution in [0.2, 0.25) is 0 Å². The zero-order valence-electron chi connectivity index (χ0n) is 12.1. The lowest BCUT2D eigenvalue weighted by Crippen LogP contribution is -2.37. The number of hydrogen-bond acceptors (Lipinski definition) is 4. The van der Waals surface area contributed by atoms with Crippen molar-refractivity contribution in [3.63, 3.8) is 0 Å². The van der Waals surface area contributed by atoms with Gasteiger partial charge in [-0.15, -0.1) is 0 Å². The molecule has 1 fully saturated rings. The highest BCUT2D eigenvalue weighted by Crippen LogP contribution is 2.39. The second-order valence-corrected chi connectivity index (χ2v) is 5.19. The Bertz CT molecular complexity index is 419. The Morgan fingerprint density at radius 3 is 2.68 bits per heavy atom. The van der Waals surface area contributed by atoms with E-state index in [2.05, 4.69) is 11.8 Å². The molecule has 4 nitrogen and oxygen atoms in total. The van der Waals surface area contributed by atoms with E-state index in [0.29, 0.717) is 12.6 Å². The van der Waals surface area contributed by atoms with E-state index in [1.807, 2.05) is 18.2 Å². The maximum absolute atomic E-state index is 6.14. The normalized spacial score (nSPS) is 16.2. The van der Waals surface area contributed by atoms with Crippen molar-refractivity contribution in [2.75, 3.05) is 38.0 Å². The molecule has 1 aliphatic rings. The van der Waals surface area contributed by atoms with Crippen molar-refractivity contribution in [3.8, 4) is 5.75 Å². The highest BCUT2D eigenvalue weighted by Gasteiger charge is 2.32. The fourth-order valence-electron chi connectivity index (χ4n) is 2.47. The van der Waals surface area contributed by atoms with E-state index >= 15 is 0 Å². The summed E-state index contributed by atoms with van der Waals surface area (Å²) in [4.78, 5) is 2.35. The van der Waals surface area contributed by atoms with Crippen molar-refractivity contribution in [3.05, 3.63) is 18.2 Å². The van der Waals surface area contributed by atoms with Gasteiger partial charge >= 0.3 is 0 Å².